The van der Waals surface area contributed by atoms with E-state index in [1.165, 1.54) is 0 Å². The molecule has 0 radical (unpaired) electrons. The van der Waals surface area contributed by atoms with E-state index >= 15 is 0 Å². The van der Waals surface area contributed by atoms with Crippen molar-refractivity contribution in [1.82, 2.24) is 29.5 Å². The van der Waals surface area contributed by atoms with Gasteiger partial charge in [0.05, 0.1) is 11.9 Å². The average molecular weight is 376 g/mol. The Morgan fingerprint density at radius 1 is 1.00 bits per heavy atom. The van der Waals surface area contributed by atoms with Crippen molar-refractivity contribution in [3.05, 3.63) is 42.9 Å². The van der Waals surface area contributed by atoms with Gasteiger partial charge in [-0.05, 0) is 45.9 Å². The summed E-state index contributed by atoms with van der Waals surface area (Å²) < 4.78 is 3.80. The van der Waals surface area contributed by atoms with Crippen LogP contribution in [0.1, 0.15) is 39.8 Å². The second-order valence-electron chi connectivity index (χ2n) is 7.35. The second kappa shape index (κ2) is 6.95. The van der Waals surface area contributed by atoms with Gasteiger partial charge in [-0.1, -0.05) is 0 Å². The van der Waals surface area contributed by atoms with E-state index in [2.05, 4.69) is 53.2 Å². The molecule has 8 heteroatoms. The van der Waals surface area contributed by atoms with Gasteiger partial charge in [-0.3, -0.25) is 4.68 Å². The van der Waals surface area contributed by atoms with Crippen molar-refractivity contribution < 1.29 is 0 Å². The minimum Gasteiger partial charge on any atom is -0.398 e. The fraction of sp³-hybridized carbons (Fsp3) is 0.300. The lowest BCUT2D eigenvalue weighted by Gasteiger charge is -2.10. The summed E-state index contributed by atoms with van der Waals surface area (Å²) in [5, 5.41) is 13.2. The molecule has 4 aromatic heterocycles. The molecule has 0 aliphatic rings. The number of hydrogen-bond acceptors (Lipinski definition) is 6. The molecule has 0 aromatic carbocycles. The fourth-order valence-electron chi connectivity index (χ4n) is 3.02. The second-order valence-corrected chi connectivity index (χ2v) is 7.35. The normalized spacial score (nSPS) is 11.6. The van der Waals surface area contributed by atoms with E-state index in [-0.39, 0.29) is 6.04 Å². The first-order chi connectivity index (χ1) is 13.4. The molecule has 0 saturated carbocycles. The van der Waals surface area contributed by atoms with Crippen molar-refractivity contribution in [3.8, 4) is 11.3 Å². The van der Waals surface area contributed by atoms with Crippen LogP contribution in [0.15, 0.2) is 42.9 Å². The maximum Gasteiger partial charge on any atom is 0.160 e. The van der Waals surface area contributed by atoms with E-state index in [1.54, 1.807) is 12.3 Å². The zero-order valence-electron chi connectivity index (χ0n) is 16.5. The zero-order valence-corrected chi connectivity index (χ0v) is 16.5. The first kappa shape index (κ1) is 18.0. The van der Waals surface area contributed by atoms with Gasteiger partial charge in [-0.25, -0.2) is 14.6 Å². The van der Waals surface area contributed by atoms with Crippen LogP contribution in [0.2, 0.25) is 0 Å². The van der Waals surface area contributed by atoms with E-state index in [9.17, 15) is 0 Å². The number of pyridine rings is 2. The molecule has 0 fully saturated rings. The number of aromatic nitrogens is 6. The first-order valence-electron chi connectivity index (χ1n) is 9.34. The Kier molecular flexibility index (Phi) is 4.46. The van der Waals surface area contributed by atoms with Gasteiger partial charge in [-0.15, -0.1) is 0 Å². The molecular formula is C20H24N8. The Balaban J connectivity index is 1.61. The summed E-state index contributed by atoms with van der Waals surface area (Å²) in [7, 11) is 0. The van der Waals surface area contributed by atoms with Gasteiger partial charge >= 0.3 is 0 Å². The summed E-state index contributed by atoms with van der Waals surface area (Å²) in [5.41, 5.74) is 9.34. The molecule has 0 aliphatic heterocycles. The maximum atomic E-state index is 6.27. The minimum absolute atomic E-state index is 0.235. The zero-order chi connectivity index (χ0) is 19.8. The summed E-state index contributed by atoms with van der Waals surface area (Å²) in [4.78, 5) is 9.17. The Labute approximate surface area is 163 Å². The highest BCUT2D eigenvalue weighted by molar-refractivity contribution is 5.79. The van der Waals surface area contributed by atoms with Crippen molar-refractivity contribution in [2.24, 2.45) is 0 Å². The van der Waals surface area contributed by atoms with Gasteiger partial charge in [0.2, 0.25) is 0 Å². The van der Waals surface area contributed by atoms with Gasteiger partial charge < -0.3 is 11.1 Å². The van der Waals surface area contributed by atoms with Gasteiger partial charge in [0.15, 0.2) is 5.65 Å². The monoisotopic (exact) mass is 376 g/mol. The van der Waals surface area contributed by atoms with E-state index in [1.807, 2.05) is 40.0 Å². The molecular weight excluding hydrogens is 352 g/mol. The van der Waals surface area contributed by atoms with Crippen LogP contribution in [0.5, 0.6) is 0 Å². The van der Waals surface area contributed by atoms with E-state index in [4.69, 9.17) is 5.73 Å². The minimum atomic E-state index is 0.235. The number of hydrogen-bond donors (Lipinski definition) is 2. The summed E-state index contributed by atoms with van der Waals surface area (Å²) in [5.74, 6) is 1.32. The molecule has 0 atom stereocenters. The summed E-state index contributed by atoms with van der Waals surface area (Å²) in [6.45, 7) is 8.33. The largest absolute Gasteiger partial charge is 0.398 e. The van der Waals surface area contributed by atoms with E-state index in [0.29, 0.717) is 23.4 Å². The van der Waals surface area contributed by atoms with Crippen LogP contribution >= 0.6 is 0 Å². The summed E-state index contributed by atoms with van der Waals surface area (Å²) >= 11 is 0. The van der Waals surface area contributed by atoms with Crippen molar-refractivity contribution in [3.63, 3.8) is 0 Å². The molecule has 144 valence electrons. The average Bonchev–Trinajstić information content (AvgIpc) is 3.28. The van der Waals surface area contributed by atoms with Crippen molar-refractivity contribution >= 4 is 28.4 Å². The topological polar surface area (TPSA) is 99.5 Å². The SMILES string of the molecule is CC(C)n1ccc(-c2cnc(Nc3ccc4cnn(C(C)C)c4n3)cc2N)n1. The van der Waals surface area contributed by atoms with E-state index in [0.717, 1.165) is 22.3 Å². The van der Waals surface area contributed by atoms with Crippen LogP contribution in [-0.4, -0.2) is 29.5 Å². The molecule has 4 heterocycles. The predicted molar refractivity (Wildman–Crippen MR) is 111 cm³/mol. The molecule has 0 amide bonds. The smallest absolute Gasteiger partial charge is 0.160 e. The highest BCUT2D eigenvalue weighted by Gasteiger charge is 2.11. The standard InChI is InChI=1S/C20H24N8/c1-12(2)27-8-7-17(26-27)15-11-22-19(9-16(15)21)24-18-6-5-14-10-23-28(13(3)4)20(14)25-18/h5-13H,1-4H3,(H3,21,22,24,25). The van der Waals surface area contributed by atoms with Crippen LogP contribution < -0.4 is 11.1 Å². The van der Waals surface area contributed by atoms with E-state index < -0.39 is 0 Å². The molecule has 0 spiro atoms. The van der Waals surface area contributed by atoms with Crippen LogP contribution in [-0.2, 0) is 0 Å². The van der Waals surface area contributed by atoms with Crippen molar-refractivity contribution in [2.75, 3.05) is 11.1 Å². The number of nitrogens with zero attached hydrogens (tertiary/aromatic N) is 6. The molecule has 3 N–H and O–H groups in total. The molecule has 0 saturated heterocycles. The lowest BCUT2D eigenvalue weighted by atomic mass is 10.2. The Morgan fingerprint density at radius 3 is 2.50 bits per heavy atom. The third-order valence-corrected chi connectivity index (χ3v) is 4.54. The number of nitrogens with one attached hydrogen (secondary N) is 1. The van der Waals surface area contributed by atoms with Crippen molar-refractivity contribution in [2.45, 2.75) is 39.8 Å². The maximum absolute atomic E-state index is 6.27. The lowest BCUT2D eigenvalue weighted by molar-refractivity contribution is 0.534. The molecule has 0 bridgehead atoms. The molecule has 4 rings (SSSR count). The Bertz CT molecular complexity index is 1120. The number of fused-ring (bicyclic) bond motifs is 1. The van der Waals surface area contributed by atoms with Gasteiger partial charge in [0.25, 0.3) is 0 Å². The van der Waals surface area contributed by atoms with Crippen LogP contribution in [0.4, 0.5) is 17.3 Å². The van der Waals surface area contributed by atoms with Crippen molar-refractivity contribution in [1.29, 1.82) is 0 Å². The predicted octanol–water partition coefficient (Wildman–Crippen LogP) is 4.18. The highest BCUT2D eigenvalue weighted by atomic mass is 15.3. The summed E-state index contributed by atoms with van der Waals surface area (Å²) in [6, 6.07) is 8.18. The Morgan fingerprint density at radius 2 is 1.82 bits per heavy atom. The van der Waals surface area contributed by atoms with Crippen LogP contribution in [0, 0.1) is 0 Å². The number of nitrogen functional groups attached to an aromatic ring is 1. The molecule has 0 unspecified atom stereocenters. The molecule has 28 heavy (non-hydrogen) atoms. The summed E-state index contributed by atoms with van der Waals surface area (Å²) in [6.07, 6.45) is 5.51. The number of nitrogens with two attached hydrogens (primary N) is 1. The van der Waals surface area contributed by atoms with Crippen LogP contribution in [0.25, 0.3) is 22.3 Å². The van der Waals surface area contributed by atoms with Gasteiger partial charge in [0, 0.05) is 47.2 Å². The number of anilines is 3. The van der Waals surface area contributed by atoms with Crippen LogP contribution in [0.3, 0.4) is 0 Å². The quantitative estimate of drug-likeness (QED) is 0.542. The first-order valence-corrected chi connectivity index (χ1v) is 9.34. The number of rotatable bonds is 5. The van der Waals surface area contributed by atoms with Gasteiger partial charge in [-0.2, -0.15) is 10.2 Å². The lowest BCUT2D eigenvalue weighted by Crippen LogP contribution is -2.05. The molecule has 0 aliphatic carbocycles. The highest BCUT2D eigenvalue weighted by Crippen LogP contribution is 2.27. The third kappa shape index (κ3) is 3.28. The fourth-order valence-corrected chi connectivity index (χ4v) is 3.02. The third-order valence-electron chi connectivity index (χ3n) is 4.54. The molecule has 4 aromatic rings. The Hall–Kier alpha value is -3.42. The van der Waals surface area contributed by atoms with Gasteiger partial charge in [0.1, 0.15) is 11.6 Å². The molecule has 8 nitrogen and oxygen atoms in total.